The number of carbonyl (C=O) groups excluding carboxylic acids is 2. The molecule has 1 aromatic carbocycles. The van der Waals surface area contributed by atoms with Crippen molar-refractivity contribution >= 4 is 11.8 Å². The van der Waals surface area contributed by atoms with Crippen LogP contribution >= 0.6 is 0 Å². The lowest BCUT2D eigenvalue weighted by Crippen LogP contribution is -2.47. The summed E-state index contributed by atoms with van der Waals surface area (Å²) in [7, 11) is 0. The van der Waals surface area contributed by atoms with Crippen LogP contribution in [0.3, 0.4) is 0 Å². The summed E-state index contributed by atoms with van der Waals surface area (Å²) in [5.74, 6) is 0.157. The quantitative estimate of drug-likeness (QED) is 0.904. The number of aryl methyl sites for hydroxylation is 1. The van der Waals surface area contributed by atoms with Gasteiger partial charge in [0.05, 0.1) is 11.0 Å². The number of nitrogens with one attached hydrogen (secondary N) is 1. The summed E-state index contributed by atoms with van der Waals surface area (Å²) in [5, 5.41) is 2.98. The molecule has 0 saturated carbocycles. The van der Waals surface area contributed by atoms with E-state index in [0.717, 1.165) is 48.4 Å². The van der Waals surface area contributed by atoms with Crippen molar-refractivity contribution in [2.75, 3.05) is 19.6 Å². The van der Waals surface area contributed by atoms with Gasteiger partial charge in [-0.1, -0.05) is 18.2 Å². The number of carbonyl (C=O) groups is 2. The molecular formula is C21H25N3O2. The molecule has 3 heterocycles. The first-order valence-corrected chi connectivity index (χ1v) is 9.34. The molecule has 2 fully saturated rings. The van der Waals surface area contributed by atoms with Gasteiger partial charge in [0, 0.05) is 36.7 Å². The molecule has 2 aliphatic heterocycles. The monoisotopic (exact) mass is 351 g/mol. The summed E-state index contributed by atoms with van der Waals surface area (Å²) in [4.78, 5) is 27.4. The maximum Gasteiger partial charge on any atom is 0.255 e. The molecule has 26 heavy (non-hydrogen) atoms. The van der Waals surface area contributed by atoms with Crippen molar-refractivity contribution in [1.29, 1.82) is 0 Å². The Kier molecular flexibility index (Phi) is 4.10. The van der Waals surface area contributed by atoms with E-state index in [-0.39, 0.29) is 17.2 Å². The number of piperidine rings is 1. The van der Waals surface area contributed by atoms with Crippen molar-refractivity contribution in [3.8, 4) is 5.69 Å². The summed E-state index contributed by atoms with van der Waals surface area (Å²) in [6.45, 7) is 5.96. The molecule has 1 spiro atoms. The van der Waals surface area contributed by atoms with E-state index in [9.17, 15) is 9.59 Å². The molecule has 4 rings (SSSR count). The van der Waals surface area contributed by atoms with Crippen molar-refractivity contribution in [3.05, 3.63) is 53.3 Å². The van der Waals surface area contributed by atoms with Gasteiger partial charge in [-0.15, -0.1) is 0 Å². The minimum atomic E-state index is -0.376. The number of likely N-dealkylation sites (tertiary alicyclic amines) is 1. The van der Waals surface area contributed by atoms with E-state index < -0.39 is 0 Å². The first kappa shape index (κ1) is 16.9. The van der Waals surface area contributed by atoms with E-state index in [2.05, 4.69) is 9.88 Å². The van der Waals surface area contributed by atoms with Gasteiger partial charge in [0.25, 0.3) is 5.91 Å². The zero-order valence-corrected chi connectivity index (χ0v) is 15.4. The van der Waals surface area contributed by atoms with Crippen LogP contribution in [0.1, 0.15) is 41.0 Å². The topological polar surface area (TPSA) is 54.3 Å². The first-order valence-electron chi connectivity index (χ1n) is 9.34. The lowest BCUT2D eigenvalue weighted by molar-refractivity contribution is -0.132. The van der Waals surface area contributed by atoms with E-state index >= 15 is 0 Å². The number of rotatable bonds is 2. The molecule has 0 aliphatic carbocycles. The molecule has 0 radical (unpaired) electrons. The Morgan fingerprint density at radius 2 is 1.92 bits per heavy atom. The zero-order valence-electron chi connectivity index (χ0n) is 15.4. The van der Waals surface area contributed by atoms with Crippen LogP contribution in [0.5, 0.6) is 0 Å². The van der Waals surface area contributed by atoms with E-state index in [1.165, 1.54) is 0 Å². The Bertz CT molecular complexity index is 856. The zero-order chi connectivity index (χ0) is 18.3. The molecule has 0 unspecified atom stereocenters. The SMILES string of the molecule is Cc1cc(C(=O)N2CC[C@]3(CCCNC3=O)C2)c(C)n1-c1ccccc1. The molecule has 5 nitrogen and oxygen atoms in total. The van der Waals surface area contributed by atoms with E-state index in [0.29, 0.717) is 13.1 Å². The highest BCUT2D eigenvalue weighted by atomic mass is 16.2. The minimum Gasteiger partial charge on any atom is -0.356 e. The lowest BCUT2D eigenvalue weighted by atomic mass is 9.79. The van der Waals surface area contributed by atoms with Crippen LogP contribution in [-0.2, 0) is 4.79 Å². The Balaban J connectivity index is 1.61. The number of benzene rings is 1. The van der Waals surface area contributed by atoms with Crippen molar-refractivity contribution in [1.82, 2.24) is 14.8 Å². The number of amides is 2. The predicted octanol–water partition coefficient (Wildman–Crippen LogP) is 2.84. The van der Waals surface area contributed by atoms with E-state index in [1.807, 2.05) is 55.1 Å². The van der Waals surface area contributed by atoms with E-state index in [1.54, 1.807) is 0 Å². The summed E-state index contributed by atoms with van der Waals surface area (Å²) in [6.07, 6.45) is 2.64. The van der Waals surface area contributed by atoms with Crippen LogP contribution in [-0.4, -0.2) is 40.9 Å². The van der Waals surface area contributed by atoms with Crippen LogP contribution in [0.15, 0.2) is 36.4 Å². The van der Waals surface area contributed by atoms with E-state index in [4.69, 9.17) is 0 Å². The molecule has 2 amide bonds. The third kappa shape index (κ3) is 2.62. The first-order chi connectivity index (χ1) is 12.5. The predicted molar refractivity (Wildman–Crippen MR) is 100 cm³/mol. The van der Waals surface area contributed by atoms with Gasteiger partial charge in [-0.25, -0.2) is 0 Å². The number of aromatic nitrogens is 1. The van der Waals surface area contributed by atoms with Gasteiger partial charge in [0.2, 0.25) is 5.91 Å². The third-order valence-corrected chi connectivity index (χ3v) is 5.92. The maximum atomic E-state index is 13.2. The van der Waals surface area contributed by atoms with Gasteiger partial charge < -0.3 is 14.8 Å². The lowest BCUT2D eigenvalue weighted by Gasteiger charge is -2.32. The van der Waals surface area contributed by atoms with Crippen LogP contribution in [0.4, 0.5) is 0 Å². The third-order valence-electron chi connectivity index (χ3n) is 5.92. The minimum absolute atomic E-state index is 0.0375. The van der Waals surface area contributed by atoms with Gasteiger partial charge >= 0.3 is 0 Å². The van der Waals surface area contributed by atoms with Crippen molar-refractivity contribution in [2.24, 2.45) is 5.41 Å². The second kappa shape index (κ2) is 6.31. The van der Waals surface area contributed by atoms with Gasteiger partial charge in [0.1, 0.15) is 0 Å². The Hall–Kier alpha value is -2.56. The molecule has 136 valence electrons. The highest BCUT2D eigenvalue weighted by Gasteiger charge is 2.47. The van der Waals surface area contributed by atoms with Crippen LogP contribution < -0.4 is 5.32 Å². The van der Waals surface area contributed by atoms with Gasteiger partial charge in [-0.3, -0.25) is 9.59 Å². The van der Waals surface area contributed by atoms with Crippen molar-refractivity contribution < 1.29 is 9.59 Å². The second-order valence-corrected chi connectivity index (χ2v) is 7.57. The fourth-order valence-corrected chi connectivity index (χ4v) is 4.49. The molecule has 1 N–H and O–H groups in total. The smallest absolute Gasteiger partial charge is 0.255 e. The van der Waals surface area contributed by atoms with Crippen LogP contribution in [0.25, 0.3) is 5.69 Å². The molecule has 2 aromatic rings. The number of nitrogens with zero attached hydrogens (tertiary/aromatic N) is 2. The summed E-state index contributed by atoms with van der Waals surface area (Å²) in [5.41, 5.74) is 3.42. The average molecular weight is 351 g/mol. The van der Waals surface area contributed by atoms with Crippen LogP contribution in [0, 0.1) is 19.3 Å². The standard InChI is InChI=1S/C21H25N3O2/c1-15-13-18(16(2)24(15)17-7-4-3-5-8-17)19(25)23-12-10-21(14-23)9-6-11-22-20(21)26/h3-5,7-8,13H,6,9-12,14H2,1-2H3,(H,22,26)/t21-/m1/s1. The molecule has 5 heteroatoms. The molecule has 2 aliphatic rings. The molecule has 2 saturated heterocycles. The highest BCUT2D eigenvalue weighted by molar-refractivity contribution is 5.97. The molecule has 0 bridgehead atoms. The fourth-order valence-electron chi connectivity index (χ4n) is 4.49. The maximum absolute atomic E-state index is 13.2. The highest BCUT2D eigenvalue weighted by Crippen LogP contribution is 2.38. The number of para-hydroxylation sites is 1. The van der Waals surface area contributed by atoms with Gasteiger partial charge in [-0.2, -0.15) is 0 Å². The molecule has 1 atom stereocenters. The largest absolute Gasteiger partial charge is 0.356 e. The van der Waals surface area contributed by atoms with Crippen molar-refractivity contribution in [3.63, 3.8) is 0 Å². The van der Waals surface area contributed by atoms with Gasteiger partial charge in [0.15, 0.2) is 0 Å². The Morgan fingerprint density at radius 3 is 2.65 bits per heavy atom. The molecular weight excluding hydrogens is 326 g/mol. The second-order valence-electron chi connectivity index (χ2n) is 7.57. The Labute approximate surface area is 154 Å². The summed E-state index contributed by atoms with van der Waals surface area (Å²) < 4.78 is 2.12. The summed E-state index contributed by atoms with van der Waals surface area (Å²) >= 11 is 0. The summed E-state index contributed by atoms with van der Waals surface area (Å²) in [6, 6.07) is 12.1. The average Bonchev–Trinajstić information content (AvgIpc) is 3.20. The van der Waals surface area contributed by atoms with Gasteiger partial charge in [-0.05, 0) is 51.3 Å². The number of hydrogen-bond donors (Lipinski definition) is 1. The normalized spacial score (nSPS) is 22.7. The number of hydrogen-bond acceptors (Lipinski definition) is 2. The van der Waals surface area contributed by atoms with Crippen LogP contribution in [0.2, 0.25) is 0 Å². The fraction of sp³-hybridized carbons (Fsp3) is 0.429. The Morgan fingerprint density at radius 1 is 1.15 bits per heavy atom. The molecule has 1 aromatic heterocycles. The van der Waals surface area contributed by atoms with Crippen molar-refractivity contribution in [2.45, 2.75) is 33.1 Å².